The van der Waals surface area contributed by atoms with E-state index in [2.05, 4.69) is 23.9 Å². The quantitative estimate of drug-likeness (QED) is 0.799. The van der Waals surface area contributed by atoms with Gasteiger partial charge in [0.15, 0.2) is 0 Å². The maximum absolute atomic E-state index is 5.98. The van der Waals surface area contributed by atoms with Crippen molar-refractivity contribution in [3.05, 3.63) is 0 Å². The molecule has 3 atom stereocenters. The van der Waals surface area contributed by atoms with Crippen LogP contribution < -0.4 is 5.73 Å². The van der Waals surface area contributed by atoms with Gasteiger partial charge in [-0.1, -0.05) is 0 Å². The molecule has 3 fully saturated rings. The predicted octanol–water partition coefficient (Wildman–Crippen LogP) is 1.28. The van der Waals surface area contributed by atoms with Crippen molar-refractivity contribution >= 4 is 0 Å². The highest BCUT2D eigenvalue weighted by molar-refractivity contribution is 4.99. The number of nitrogens with zero attached hydrogens (tertiary/aromatic N) is 2. The van der Waals surface area contributed by atoms with Gasteiger partial charge in [-0.3, -0.25) is 4.90 Å². The lowest BCUT2D eigenvalue weighted by Gasteiger charge is -2.43. The van der Waals surface area contributed by atoms with Crippen LogP contribution in [-0.4, -0.2) is 54.6 Å². The van der Waals surface area contributed by atoms with E-state index in [9.17, 15) is 0 Å². The first-order valence-corrected chi connectivity index (χ1v) is 7.34. The van der Waals surface area contributed by atoms with Crippen molar-refractivity contribution < 1.29 is 0 Å². The lowest BCUT2D eigenvalue weighted by molar-refractivity contribution is 0.0621. The lowest BCUT2D eigenvalue weighted by Crippen LogP contribution is -2.52. The smallest absolute Gasteiger partial charge is 0.0246 e. The highest BCUT2D eigenvalue weighted by Gasteiger charge is 2.42. The van der Waals surface area contributed by atoms with Crippen molar-refractivity contribution in [3.63, 3.8) is 0 Å². The Morgan fingerprint density at radius 2 is 1.76 bits per heavy atom. The number of rotatable bonds is 4. The van der Waals surface area contributed by atoms with Crippen LogP contribution >= 0.6 is 0 Å². The van der Waals surface area contributed by atoms with Gasteiger partial charge in [0, 0.05) is 30.7 Å². The van der Waals surface area contributed by atoms with E-state index in [0.717, 1.165) is 30.6 Å². The number of hydrogen-bond donors (Lipinski definition) is 1. The Bertz CT molecular complexity index is 263. The van der Waals surface area contributed by atoms with Crippen LogP contribution in [-0.2, 0) is 0 Å². The number of hydrogen-bond acceptors (Lipinski definition) is 3. The molecule has 0 amide bonds. The normalized spacial score (nSPS) is 39.9. The molecule has 2 aliphatic heterocycles. The van der Waals surface area contributed by atoms with Gasteiger partial charge in [-0.25, -0.2) is 0 Å². The summed E-state index contributed by atoms with van der Waals surface area (Å²) in [6.07, 6.45) is 8.39. The molecular formula is C14H27N3. The van der Waals surface area contributed by atoms with Crippen molar-refractivity contribution in [2.24, 2.45) is 11.7 Å². The minimum absolute atomic E-state index is 0.655. The van der Waals surface area contributed by atoms with E-state index in [4.69, 9.17) is 5.73 Å². The topological polar surface area (TPSA) is 32.5 Å². The molecule has 3 rings (SSSR count). The first kappa shape index (κ1) is 11.9. The van der Waals surface area contributed by atoms with E-state index in [1.807, 2.05) is 0 Å². The predicted molar refractivity (Wildman–Crippen MR) is 70.9 cm³/mol. The van der Waals surface area contributed by atoms with Gasteiger partial charge >= 0.3 is 0 Å². The number of piperidine rings is 1. The van der Waals surface area contributed by atoms with Gasteiger partial charge in [0.1, 0.15) is 0 Å². The molecule has 3 heteroatoms. The third-order valence-corrected chi connectivity index (χ3v) is 5.58. The van der Waals surface area contributed by atoms with Crippen molar-refractivity contribution in [2.75, 3.05) is 20.6 Å². The standard InChI is InChI=1S/C14H27N3/c1-16-11-5-6-12(16)8-13(7-11)17(2)14(9-15)10-3-4-10/h10-14H,3-9,15H2,1-2H3. The molecular weight excluding hydrogens is 210 g/mol. The molecule has 1 aliphatic carbocycles. The molecule has 98 valence electrons. The molecule has 3 nitrogen and oxygen atoms in total. The average Bonchev–Trinajstić information content (AvgIpc) is 3.10. The van der Waals surface area contributed by atoms with Gasteiger partial charge in [0.25, 0.3) is 0 Å². The fourth-order valence-electron chi connectivity index (χ4n) is 4.16. The van der Waals surface area contributed by atoms with E-state index in [1.54, 1.807) is 0 Å². The summed E-state index contributed by atoms with van der Waals surface area (Å²) in [5, 5.41) is 0. The lowest BCUT2D eigenvalue weighted by atomic mass is 9.95. The molecule has 2 bridgehead atoms. The number of nitrogens with two attached hydrogens (primary N) is 1. The summed E-state index contributed by atoms with van der Waals surface area (Å²) < 4.78 is 0. The number of likely N-dealkylation sites (N-methyl/N-ethyl adjacent to an activating group) is 1. The molecule has 2 heterocycles. The fraction of sp³-hybridized carbons (Fsp3) is 1.00. The summed E-state index contributed by atoms with van der Waals surface area (Å²) >= 11 is 0. The summed E-state index contributed by atoms with van der Waals surface area (Å²) in [4.78, 5) is 5.26. The van der Waals surface area contributed by atoms with Crippen LogP contribution in [0.5, 0.6) is 0 Å². The number of fused-ring (bicyclic) bond motifs is 2. The maximum atomic E-state index is 5.98. The molecule has 0 spiro atoms. The first-order valence-electron chi connectivity index (χ1n) is 7.34. The summed E-state index contributed by atoms with van der Waals surface area (Å²) in [6.45, 7) is 0.850. The van der Waals surface area contributed by atoms with Crippen LogP contribution in [0.25, 0.3) is 0 Å². The van der Waals surface area contributed by atoms with Gasteiger partial charge in [-0.15, -0.1) is 0 Å². The van der Waals surface area contributed by atoms with Gasteiger partial charge in [-0.05, 0) is 58.5 Å². The zero-order valence-electron chi connectivity index (χ0n) is 11.3. The molecule has 3 aliphatic rings. The van der Waals surface area contributed by atoms with Crippen LogP contribution in [0.3, 0.4) is 0 Å². The largest absolute Gasteiger partial charge is 0.329 e. The minimum atomic E-state index is 0.655. The van der Waals surface area contributed by atoms with Crippen LogP contribution in [0.4, 0.5) is 0 Å². The molecule has 0 aromatic carbocycles. The van der Waals surface area contributed by atoms with Crippen molar-refractivity contribution in [2.45, 2.75) is 62.7 Å². The monoisotopic (exact) mass is 237 g/mol. The molecule has 17 heavy (non-hydrogen) atoms. The Morgan fingerprint density at radius 1 is 1.18 bits per heavy atom. The van der Waals surface area contributed by atoms with E-state index in [1.165, 1.54) is 38.5 Å². The highest BCUT2D eigenvalue weighted by atomic mass is 15.2. The van der Waals surface area contributed by atoms with Crippen molar-refractivity contribution in [1.82, 2.24) is 9.80 Å². The second-order valence-electron chi connectivity index (χ2n) is 6.48. The van der Waals surface area contributed by atoms with E-state index in [-0.39, 0.29) is 0 Å². The molecule has 3 unspecified atom stereocenters. The first-order chi connectivity index (χ1) is 8.20. The average molecular weight is 237 g/mol. The summed E-state index contributed by atoms with van der Waals surface area (Å²) in [6, 6.07) is 3.14. The molecule has 2 N–H and O–H groups in total. The molecule has 1 saturated carbocycles. The van der Waals surface area contributed by atoms with Crippen LogP contribution in [0.15, 0.2) is 0 Å². The Balaban J connectivity index is 1.64. The van der Waals surface area contributed by atoms with Gasteiger partial charge < -0.3 is 10.6 Å². The second kappa shape index (κ2) is 4.52. The molecule has 2 saturated heterocycles. The Labute approximate surface area is 105 Å². The van der Waals surface area contributed by atoms with E-state index >= 15 is 0 Å². The van der Waals surface area contributed by atoms with Crippen molar-refractivity contribution in [3.8, 4) is 0 Å². The summed E-state index contributed by atoms with van der Waals surface area (Å²) in [7, 11) is 4.64. The fourth-order valence-corrected chi connectivity index (χ4v) is 4.16. The minimum Gasteiger partial charge on any atom is -0.329 e. The third kappa shape index (κ3) is 2.13. The second-order valence-corrected chi connectivity index (χ2v) is 6.48. The summed E-state index contributed by atoms with van der Waals surface area (Å²) in [5.74, 6) is 0.905. The van der Waals surface area contributed by atoms with Crippen LogP contribution in [0, 0.1) is 5.92 Å². The summed E-state index contributed by atoms with van der Waals surface area (Å²) in [5.41, 5.74) is 5.98. The SMILES string of the molecule is CN1C2CCC1CC(N(C)C(CN)C1CC1)C2. The Hall–Kier alpha value is -0.120. The Morgan fingerprint density at radius 3 is 2.24 bits per heavy atom. The third-order valence-electron chi connectivity index (χ3n) is 5.58. The van der Waals surface area contributed by atoms with Gasteiger partial charge in [0.05, 0.1) is 0 Å². The van der Waals surface area contributed by atoms with E-state index < -0.39 is 0 Å². The highest BCUT2D eigenvalue weighted by Crippen LogP contribution is 2.40. The van der Waals surface area contributed by atoms with Gasteiger partial charge in [0.2, 0.25) is 0 Å². The molecule has 0 aromatic rings. The Kier molecular flexibility index (Phi) is 3.18. The van der Waals surface area contributed by atoms with E-state index in [0.29, 0.717) is 6.04 Å². The molecule has 0 radical (unpaired) electrons. The van der Waals surface area contributed by atoms with Crippen LogP contribution in [0.1, 0.15) is 38.5 Å². The van der Waals surface area contributed by atoms with Crippen molar-refractivity contribution in [1.29, 1.82) is 0 Å². The molecule has 0 aromatic heterocycles. The maximum Gasteiger partial charge on any atom is 0.0246 e. The van der Waals surface area contributed by atoms with Gasteiger partial charge in [-0.2, -0.15) is 0 Å². The zero-order chi connectivity index (χ0) is 12.0. The zero-order valence-corrected chi connectivity index (χ0v) is 11.3. The van der Waals surface area contributed by atoms with Crippen LogP contribution in [0.2, 0.25) is 0 Å².